The average Bonchev–Trinajstić information content (AvgIpc) is 2.48. The Hall–Kier alpha value is -2.43. The molecule has 0 spiro atoms. The molecule has 1 aliphatic rings. The Morgan fingerprint density at radius 1 is 1.14 bits per heavy atom. The number of nitrogens with zero attached hydrogens (tertiary/aromatic N) is 3. The highest BCUT2D eigenvalue weighted by molar-refractivity contribution is 5.91. The van der Waals surface area contributed by atoms with Crippen LogP contribution < -0.4 is 11.1 Å². The number of anilines is 1. The number of rotatable bonds is 4. The fourth-order valence-electron chi connectivity index (χ4n) is 2.62. The minimum absolute atomic E-state index is 0.0533. The lowest BCUT2D eigenvalue weighted by Crippen LogP contribution is -2.39. The second-order valence-electron chi connectivity index (χ2n) is 5.39. The van der Waals surface area contributed by atoms with E-state index in [0.717, 1.165) is 18.5 Å². The monoisotopic (exact) mass is 281 g/mol. The largest absolute Gasteiger partial charge is 0.370 e. The fraction of sp³-hybridized carbons (Fsp3) is 0.312. The van der Waals surface area contributed by atoms with E-state index in [9.17, 15) is 0 Å². The standard InChI is InChI=1S/C16H19N5/c17-15(21-14-7-2-4-11-19-14)20-12-16(8-5-9-16)13-6-1-3-10-18-13/h1-4,6-7,10-11H,5,8-9,12H2,(H3,17,19,20,21). The van der Waals surface area contributed by atoms with Crippen LogP contribution in [0.25, 0.3) is 0 Å². The van der Waals surface area contributed by atoms with Crippen molar-refractivity contribution in [1.29, 1.82) is 0 Å². The van der Waals surface area contributed by atoms with Gasteiger partial charge in [-0.3, -0.25) is 9.98 Å². The van der Waals surface area contributed by atoms with Crippen LogP contribution in [-0.4, -0.2) is 22.5 Å². The van der Waals surface area contributed by atoms with E-state index in [0.29, 0.717) is 18.3 Å². The molecule has 0 amide bonds. The van der Waals surface area contributed by atoms with E-state index < -0.39 is 0 Å². The number of pyridine rings is 2. The number of nitrogens with one attached hydrogen (secondary N) is 1. The van der Waals surface area contributed by atoms with Crippen molar-refractivity contribution in [3.8, 4) is 0 Å². The van der Waals surface area contributed by atoms with Crippen LogP contribution >= 0.6 is 0 Å². The van der Waals surface area contributed by atoms with Crippen molar-refractivity contribution in [2.45, 2.75) is 24.7 Å². The lowest BCUT2D eigenvalue weighted by molar-refractivity contribution is 0.246. The molecule has 0 bridgehead atoms. The Balaban J connectivity index is 1.69. The van der Waals surface area contributed by atoms with Crippen molar-refractivity contribution >= 4 is 11.8 Å². The normalized spacial score (nSPS) is 17.0. The van der Waals surface area contributed by atoms with Gasteiger partial charge in [0, 0.05) is 23.5 Å². The molecule has 0 unspecified atom stereocenters. The van der Waals surface area contributed by atoms with Gasteiger partial charge in [0.1, 0.15) is 5.82 Å². The SMILES string of the molecule is NC(=NCC1(c2ccccn2)CCC1)Nc1ccccn1. The van der Waals surface area contributed by atoms with Gasteiger partial charge in [0.2, 0.25) is 0 Å². The van der Waals surface area contributed by atoms with Gasteiger partial charge in [0.15, 0.2) is 5.96 Å². The first kappa shape index (κ1) is 13.5. The third-order valence-corrected chi connectivity index (χ3v) is 3.99. The molecule has 21 heavy (non-hydrogen) atoms. The minimum atomic E-state index is 0.0533. The van der Waals surface area contributed by atoms with Crippen molar-refractivity contribution in [2.24, 2.45) is 10.7 Å². The molecule has 5 nitrogen and oxygen atoms in total. The summed E-state index contributed by atoms with van der Waals surface area (Å²) >= 11 is 0. The Labute approximate surface area is 124 Å². The topological polar surface area (TPSA) is 76.2 Å². The van der Waals surface area contributed by atoms with E-state index in [-0.39, 0.29) is 5.41 Å². The summed E-state index contributed by atoms with van der Waals surface area (Å²) in [5.74, 6) is 1.11. The van der Waals surface area contributed by atoms with Crippen LogP contribution in [0.3, 0.4) is 0 Å². The summed E-state index contributed by atoms with van der Waals surface area (Å²) in [4.78, 5) is 13.2. The molecule has 3 N–H and O–H groups in total. The Bertz CT molecular complexity index is 605. The summed E-state index contributed by atoms with van der Waals surface area (Å²) in [5.41, 5.74) is 7.12. The van der Waals surface area contributed by atoms with Gasteiger partial charge in [0.25, 0.3) is 0 Å². The van der Waals surface area contributed by atoms with Crippen LogP contribution in [0.15, 0.2) is 53.8 Å². The third kappa shape index (κ3) is 3.02. The molecule has 0 aliphatic heterocycles. The molecule has 0 saturated heterocycles. The van der Waals surface area contributed by atoms with Crippen molar-refractivity contribution in [3.63, 3.8) is 0 Å². The quantitative estimate of drug-likeness (QED) is 0.666. The van der Waals surface area contributed by atoms with Gasteiger partial charge < -0.3 is 11.1 Å². The maximum absolute atomic E-state index is 5.95. The van der Waals surface area contributed by atoms with Gasteiger partial charge in [-0.2, -0.15) is 0 Å². The van der Waals surface area contributed by atoms with E-state index >= 15 is 0 Å². The number of aromatic nitrogens is 2. The minimum Gasteiger partial charge on any atom is -0.370 e. The number of nitrogens with two attached hydrogens (primary N) is 1. The second-order valence-corrected chi connectivity index (χ2v) is 5.39. The molecule has 0 atom stereocenters. The van der Waals surface area contributed by atoms with Crippen molar-refractivity contribution < 1.29 is 0 Å². The summed E-state index contributed by atoms with van der Waals surface area (Å²) < 4.78 is 0. The van der Waals surface area contributed by atoms with E-state index in [2.05, 4.69) is 26.3 Å². The maximum Gasteiger partial charge on any atom is 0.194 e. The molecule has 1 fully saturated rings. The molecule has 0 radical (unpaired) electrons. The first-order chi connectivity index (χ1) is 10.3. The summed E-state index contributed by atoms with van der Waals surface area (Å²) in [6.07, 6.45) is 7.01. The van der Waals surface area contributed by atoms with Crippen LogP contribution in [0, 0.1) is 0 Å². The molecule has 0 aromatic carbocycles. The average molecular weight is 281 g/mol. The number of aliphatic imine (C=N–C) groups is 1. The highest BCUT2D eigenvalue weighted by Gasteiger charge is 2.39. The predicted octanol–water partition coefficient (Wildman–Crippen LogP) is 2.33. The number of hydrogen-bond donors (Lipinski definition) is 2. The Morgan fingerprint density at radius 3 is 2.48 bits per heavy atom. The Kier molecular flexibility index (Phi) is 3.81. The van der Waals surface area contributed by atoms with Crippen LogP contribution in [0.2, 0.25) is 0 Å². The van der Waals surface area contributed by atoms with Crippen LogP contribution in [0.4, 0.5) is 5.82 Å². The molecule has 3 rings (SSSR count). The smallest absolute Gasteiger partial charge is 0.194 e. The Morgan fingerprint density at radius 2 is 1.90 bits per heavy atom. The van der Waals surface area contributed by atoms with E-state index in [1.165, 1.54) is 6.42 Å². The third-order valence-electron chi connectivity index (χ3n) is 3.99. The highest BCUT2D eigenvalue weighted by atomic mass is 15.1. The van der Waals surface area contributed by atoms with Gasteiger partial charge >= 0.3 is 0 Å². The molecular formula is C16H19N5. The van der Waals surface area contributed by atoms with Crippen molar-refractivity contribution in [1.82, 2.24) is 9.97 Å². The van der Waals surface area contributed by atoms with E-state index in [4.69, 9.17) is 5.73 Å². The molecule has 1 aliphatic carbocycles. The zero-order valence-corrected chi connectivity index (χ0v) is 11.9. The lowest BCUT2D eigenvalue weighted by Gasteiger charge is -2.40. The van der Waals surface area contributed by atoms with Gasteiger partial charge in [-0.25, -0.2) is 4.98 Å². The summed E-state index contributed by atoms with van der Waals surface area (Å²) in [6, 6.07) is 11.7. The molecule has 1 saturated carbocycles. The summed E-state index contributed by atoms with van der Waals surface area (Å²) in [6.45, 7) is 0.662. The van der Waals surface area contributed by atoms with Crippen LogP contribution in [0.5, 0.6) is 0 Å². The molecule has 2 aromatic rings. The number of hydrogen-bond acceptors (Lipinski definition) is 3. The predicted molar refractivity (Wildman–Crippen MR) is 84.1 cm³/mol. The van der Waals surface area contributed by atoms with Crippen LogP contribution in [-0.2, 0) is 5.41 Å². The van der Waals surface area contributed by atoms with Gasteiger partial charge in [-0.1, -0.05) is 18.6 Å². The molecular weight excluding hydrogens is 262 g/mol. The lowest BCUT2D eigenvalue weighted by atomic mass is 9.66. The van der Waals surface area contributed by atoms with Crippen LogP contribution in [0.1, 0.15) is 25.0 Å². The van der Waals surface area contributed by atoms with Gasteiger partial charge in [-0.15, -0.1) is 0 Å². The summed E-state index contributed by atoms with van der Waals surface area (Å²) in [5, 5.41) is 3.01. The van der Waals surface area contributed by atoms with E-state index in [1.807, 2.05) is 36.5 Å². The molecule has 2 heterocycles. The zero-order chi connectivity index (χ0) is 14.5. The first-order valence-corrected chi connectivity index (χ1v) is 7.18. The summed E-state index contributed by atoms with van der Waals surface area (Å²) in [7, 11) is 0. The maximum atomic E-state index is 5.95. The molecule has 5 heteroatoms. The van der Waals surface area contributed by atoms with Crippen molar-refractivity contribution in [3.05, 3.63) is 54.5 Å². The van der Waals surface area contributed by atoms with E-state index in [1.54, 1.807) is 6.20 Å². The molecule has 2 aromatic heterocycles. The number of guanidine groups is 1. The first-order valence-electron chi connectivity index (χ1n) is 7.18. The fourth-order valence-corrected chi connectivity index (χ4v) is 2.62. The highest BCUT2D eigenvalue weighted by Crippen LogP contribution is 2.42. The van der Waals surface area contributed by atoms with Crippen molar-refractivity contribution in [2.75, 3.05) is 11.9 Å². The van der Waals surface area contributed by atoms with Gasteiger partial charge in [0.05, 0.1) is 6.54 Å². The van der Waals surface area contributed by atoms with Gasteiger partial charge in [-0.05, 0) is 37.1 Å². The second kappa shape index (κ2) is 5.91. The molecule has 108 valence electrons. The zero-order valence-electron chi connectivity index (χ0n) is 11.9.